The SMILES string of the molecule is Cc1cc(C(=O)N2CCC3(CC2)CN(CC(F)F)CC(c2ccc(F)cc2)O3)ccc1OC(C)C. The number of carbonyl (C=O) groups excluding carboxylic acids is 1. The quantitative estimate of drug-likeness (QED) is 0.556. The van der Waals surface area contributed by atoms with Crippen molar-refractivity contribution in [2.75, 3.05) is 32.7 Å². The third-order valence-electron chi connectivity index (χ3n) is 6.71. The predicted molar refractivity (Wildman–Crippen MR) is 127 cm³/mol. The third kappa shape index (κ3) is 6.16. The number of benzene rings is 2. The van der Waals surface area contributed by atoms with E-state index in [0.717, 1.165) is 16.9 Å². The molecule has 2 fully saturated rings. The molecular formula is C27H33F3N2O3. The Bertz CT molecular complexity index is 1020. The molecule has 4 rings (SSSR count). The molecule has 35 heavy (non-hydrogen) atoms. The fourth-order valence-corrected chi connectivity index (χ4v) is 5.01. The zero-order valence-corrected chi connectivity index (χ0v) is 20.5. The first-order chi connectivity index (χ1) is 16.6. The molecule has 5 nitrogen and oxygen atoms in total. The number of ether oxygens (including phenoxy) is 2. The lowest BCUT2D eigenvalue weighted by Crippen LogP contribution is -2.58. The molecule has 0 radical (unpaired) electrons. The van der Waals surface area contributed by atoms with Gasteiger partial charge in [0.25, 0.3) is 12.3 Å². The van der Waals surface area contributed by atoms with Crippen LogP contribution in [0.1, 0.15) is 54.3 Å². The summed E-state index contributed by atoms with van der Waals surface area (Å²) in [4.78, 5) is 16.7. The number of morpholine rings is 1. The molecule has 2 aliphatic heterocycles. The maximum Gasteiger partial charge on any atom is 0.253 e. The van der Waals surface area contributed by atoms with Gasteiger partial charge in [0.05, 0.1) is 24.4 Å². The van der Waals surface area contributed by atoms with E-state index in [2.05, 4.69) is 0 Å². The van der Waals surface area contributed by atoms with Gasteiger partial charge in [0.1, 0.15) is 11.6 Å². The van der Waals surface area contributed by atoms with Crippen molar-refractivity contribution in [3.63, 3.8) is 0 Å². The fourth-order valence-electron chi connectivity index (χ4n) is 5.01. The lowest BCUT2D eigenvalue weighted by molar-refractivity contribution is -0.180. The summed E-state index contributed by atoms with van der Waals surface area (Å²) < 4.78 is 52.2. The molecule has 2 aromatic rings. The van der Waals surface area contributed by atoms with Crippen LogP contribution < -0.4 is 4.74 Å². The number of hydrogen-bond donors (Lipinski definition) is 0. The van der Waals surface area contributed by atoms with Gasteiger partial charge in [0.15, 0.2) is 0 Å². The number of nitrogens with zero attached hydrogens (tertiary/aromatic N) is 2. The van der Waals surface area contributed by atoms with Gasteiger partial charge in [-0.3, -0.25) is 9.69 Å². The van der Waals surface area contributed by atoms with E-state index in [1.165, 1.54) is 12.1 Å². The Labute approximate surface area is 204 Å². The lowest BCUT2D eigenvalue weighted by atomic mass is 9.87. The van der Waals surface area contributed by atoms with Gasteiger partial charge in [0, 0.05) is 31.7 Å². The van der Waals surface area contributed by atoms with Crippen LogP contribution in [0.25, 0.3) is 0 Å². The average Bonchev–Trinajstić information content (AvgIpc) is 2.80. The molecule has 190 valence electrons. The van der Waals surface area contributed by atoms with Gasteiger partial charge in [-0.05, 0) is 75.1 Å². The Hall–Kier alpha value is -2.58. The summed E-state index contributed by atoms with van der Waals surface area (Å²) >= 11 is 0. The van der Waals surface area contributed by atoms with Gasteiger partial charge in [-0.15, -0.1) is 0 Å². The summed E-state index contributed by atoms with van der Waals surface area (Å²) in [5, 5.41) is 0. The molecular weight excluding hydrogens is 457 g/mol. The van der Waals surface area contributed by atoms with Crippen LogP contribution in [0.3, 0.4) is 0 Å². The molecule has 1 amide bonds. The number of rotatable bonds is 6. The second kappa shape index (κ2) is 10.6. The van der Waals surface area contributed by atoms with Gasteiger partial charge in [-0.1, -0.05) is 12.1 Å². The van der Waals surface area contributed by atoms with Gasteiger partial charge in [-0.25, -0.2) is 13.2 Å². The van der Waals surface area contributed by atoms with Crippen molar-refractivity contribution < 1.29 is 27.4 Å². The first kappa shape index (κ1) is 25.5. The first-order valence-corrected chi connectivity index (χ1v) is 12.1. The summed E-state index contributed by atoms with van der Waals surface area (Å²) in [5.41, 5.74) is 1.64. The van der Waals surface area contributed by atoms with Crippen molar-refractivity contribution >= 4 is 5.91 Å². The molecule has 0 aromatic heterocycles. The molecule has 2 aliphatic rings. The van der Waals surface area contributed by atoms with Crippen molar-refractivity contribution in [3.8, 4) is 5.75 Å². The Kier molecular flexibility index (Phi) is 7.71. The maximum atomic E-state index is 13.4. The maximum absolute atomic E-state index is 13.4. The molecule has 1 spiro atoms. The number of piperidine rings is 1. The van der Waals surface area contributed by atoms with Crippen LogP contribution >= 0.6 is 0 Å². The van der Waals surface area contributed by atoms with Gasteiger partial charge in [-0.2, -0.15) is 0 Å². The minimum atomic E-state index is -2.45. The number of amides is 1. The van der Waals surface area contributed by atoms with Crippen molar-refractivity contribution in [1.82, 2.24) is 9.80 Å². The number of aryl methyl sites for hydroxylation is 1. The second-order valence-electron chi connectivity index (χ2n) is 9.87. The standard InChI is InChI=1S/C27H33F3N2O3/c1-18(2)34-23-9-6-21(14-19(23)3)26(33)32-12-10-27(11-13-32)17-31(16-25(29)30)15-24(35-27)20-4-7-22(28)8-5-20/h4-9,14,18,24-25H,10-13,15-17H2,1-3H3. The van der Waals surface area contributed by atoms with Crippen LogP contribution in [0.15, 0.2) is 42.5 Å². The van der Waals surface area contributed by atoms with E-state index < -0.39 is 18.1 Å². The van der Waals surface area contributed by atoms with Gasteiger partial charge < -0.3 is 14.4 Å². The topological polar surface area (TPSA) is 42.0 Å². The molecule has 0 saturated carbocycles. The van der Waals surface area contributed by atoms with E-state index in [1.807, 2.05) is 32.9 Å². The Morgan fingerprint density at radius 2 is 1.83 bits per heavy atom. The molecule has 0 N–H and O–H groups in total. The Balaban J connectivity index is 1.46. The van der Waals surface area contributed by atoms with Crippen LogP contribution in [-0.4, -0.2) is 66.6 Å². The van der Waals surface area contributed by atoms with Crippen LogP contribution in [0.5, 0.6) is 5.75 Å². The first-order valence-electron chi connectivity index (χ1n) is 12.1. The van der Waals surface area contributed by atoms with Gasteiger partial charge >= 0.3 is 0 Å². The number of alkyl halides is 2. The van der Waals surface area contributed by atoms with Crippen LogP contribution in [0.2, 0.25) is 0 Å². The molecule has 1 atom stereocenters. The summed E-state index contributed by atoms with van der Waals surface area (Å²) in [6.07, 6.45) is -1.74. The fraction of sp³-hybridized carbons (Fsp3) is 0.519. The largest absolute Gasteiger partial charge is 0.491 e. The van der Waals surface area contributed by atoms with Crippen LogP contribution in [0, 0.1) is 12.7 Å². The minimum absolute atomic E-state index is 0.0485. The van der Waals surface area contributed by atoms with Crippen molar-refractivity contribution in [1.29, 1.82) is 0 Å². The zero-order valence-electron chi connectivity index (χ0n) is 20.5. The summed E-state index contributed by atoms with van der Waals surface area (Å²) in [7, 11) is 0. The van der Waals surface area contributed by atoms with E-state index in [0.29, 0.717) is 44.6 Å². The normalized spacial score (nSPS) is 20.6. The van der Waals surface area contributed by atoms with Crippen molar-refractivity contribution in [3.05, 3.63) is 65.0 Å². The van der Waals surface area contributed by atoms with Gasteiger partial charge in [0.2, 0.25) is 0 Å². The molecule has 2 heterocycles. The third-order valence-corrected chi connectivity index (χ3v) is 6.71. The molecule has 2 saturated heterocycles. The minimum Gasteiger partial charge on any atom is -0.491 e. The summed E-state index contributed by atoms with van der Waals surface area (Å²) in [6.45, 7) is 7.15. The monoisotopic (exact) mass is 490 g/mol. The van der Waals surface area contributed by atoms with Crippen molar-refractivity contribution in [2.24, 2.45) is 0 Å². The van der Waals surface area contributed by atoms with Crippen LogP contribution in [-0.2, 0) is 4.74 Å². The second-order valence-corrected chi connectivity index (χ2v) is 9.87. The lowest BCUT2D eigenvalue weighted by Gasteiger charge is -2.50. The molecule has 2 aromatic carbocycles. The molecule has 0 bridgehead atoms. The number of halogens is 3. The predicted octanol–water partition coefficient (Wildman–Crippen LogP) is 5.23. The van der Waals surface area contributed by atoms with E-state index >= 15 is 0 Å². The van der Waals surface area contributed by atoms with E-state index in [1.54, 1.807) is 28.0 Å². The molecule has 8 heteroatoms. The molecule has 1 unspecified atom stereocenters. The average molecular weight is 491 g/mol. The highest BCUT2D eigenvalue weighted by Gasteiger charge is 2.44. The van der Waals surface area contributed by atoms with E-state index in [-0.39, 0.29) is 24.4 Å². The Morgan fingerprint density at radius 1 is 1.14 bits per heavy atom. The Morgan fingerprint density at radius 3 is 2.43 bits per heavy atom. The highest BCUT2D eigenvalue weighted by atomic mass is 19.3. The smallest absolute Gasteiger partial charge is 0.253 e. The summed E-state index contributed by atoms with van der Waals surface area (Å²) in [6, 6.07) is 11.5. The zero-order chi connectivity index (χ0) is 25.2. The number of carbonyl (C=O) groups is 1. The van der Waals surface area contributed by atoms with E-state index in [9.17, 15) is 18.0 Å². The molecule has 0 aliphatic carbocycles. The number of hydrogen-bond acceptors (Lipinski definition) is 4. The van der Waals surface area contributed by atoms with E-state index in [4.69, 9.17) is 9.47 Å². The van der Waals surface area contributed by atoms with Crippen LogP contribution in [0.4, 0.5) is 13.2 Å². The highest BCUT2D eigenvalue weighted by Crippen LogP contribution is 2.38. The highest BCUT2D eigenvalue weighted by molar-refractivity contribution is 5.94. The number of likely N-dealkylation sites (tertiary alicyclic amines) is 1. The summed E-state index contributed by atoms with van der Waals surface area (Å²) in [5.74, 6) is 0.347. The van der Waals surface area contributed by atoms with Crippen molar-refractivity contribution in [2.45, 2.75) is 57.8 Å².